The van der Waals surface area contributed by atoms with E-state index in [1.165, 1.54) is 0 Å². The predicted molar refractivity (Wildman–Crippen MR) is 96.3 cm³/mol. The second-order valence-corrected chi connectivity index (χ2v) is 6.10. The Bertz CT molecular complexity index is 749. The van der Waals surface area contributed by atoms with Crippen molar-refractivity contribution in [3.63, 3.8) is 0 Å². The van der Waals surface area contributed by atoms with Crippen molar-refractivity contribution in [1.82, 2.24) is 0 Å². The molecule has 1 aliphatic heterocycles. The molecular weight excluding hydrogens is 334 g/mol. The summed E-state index contributed by atoms with van der Waals surface area (Å²) < 4.78 is 15.9. The highest BCUT2D eigenvalue weighted by Crippen LogP contribution is 2.23. The largest absolute Gasteiger partial charge is 0.457 e. The van der Waals surface area contributed by atoms with Crippen LogP contribution in [0.25, 0.3) is 0 Å². The van der Waals surface area contributed by atoms with E-state index in [4.69, 9.17) is 14.2 Å². The van der Waals surface area contributed by atoms with Crippen LogP contribution in [0.4, 0.5) is 5.69 Å². The van der Waals surface area contributed by atoms with E-state index < -0.39 is 18.0 Å². The molecule has 0 saturated carbocycles. The summed E-state index contributed by atoms with van der Waals surface area (Å²) in [6, 6.07) is 14.7. The highest BCUT2D eigenvalue weighted by Gasteiger charge is 2.25. The van der Waals surface area contributed by atoms with Crippen molar-refractivity contribution in [3.8, 4) is 11.5 Å². The summed E-state index contributed by atoms with van der Waals surface area (Å²) in [5, 5.41) is 2.67. The minimum Gasteiger partial charge on any atom is -0.457 e. The number of hydrogen-bond donors (Lipinski definition) is 1. The first kappa shape index (κ1) is 17.9. The number of rotatable bonds is 6. The summed E-state index contributed by atoms with van der Waals surface area (Å²) >= 11 is 0. The number of benzene rings is 2. The number of nitrogens with one attached hydrogen (secondary N) is 1. The van der Waals surface area contributed by atoms with E-state index >= 15 is 0 Å². The molecule has 0 spiro atoms. The Balaban J connectivity index is 1.46. The van der Waals surface area contributed by atoms with Crippen molar-refractivity contribution in [3.05, 3.63) is 54.1 Å². The highest BCUT2D eigenvalue weighted by atomic mass is 16.6. The summed E-state index contributed by atoms with van der Waals surface area (Å²) in [4.78, 5) is 23.6. The number of hydrogen-bond acceptors (Lipinski definition) is 5. The predicted octanol–water partition coefficient (Wildman–Crippen LogP) is 3.45. The zero-order chi connectivity index (χ0) is 18.4. The first-order valence-corrected chi connectivity index (χ1v) is 8.53. The van der Waals surface area contributed by atoms with Gasteiger partial charge in [0.05, 0.1) is 0 Å². The molecule has 2 aromatic carbocycles. The number of amides is 1. The second-order valence-electron chi connectivity index (χ2n) is 6.10. The van der Waals surface area contributed by atoms with Crippen molar-refractivity contribution in [2.24, 2.45) is 0 Å². The Morgan fingerprint density at radius 2 is 1.73 bits per heavy atom. The van der Waals surface area contributed by atoms with Crippen molar-refractivity contribution in [1.29, 1.82) is 0 Å². The molecule has 1 fully saturated rings. The van der Waals surface area contributed by atoms with E-state index in [0.29, 0.717) is 24.5 Å². The topological polar surface area (TPSA) is 73.9 Å². The molecule has 6 nitrogen and oxygen atoms in total. The van der Waals surface area contributed by atoms with Gasteiger partial charge in [0.15, 0.2) is 12.7 Å². The van der Waals surface area contributed by atoms with E-state index in [9.17, 15) is 9.59 Å². The van der Waals surface area contributed by atoms with E-state index in [1.54, 1.807) is 24.3 Å². The van der Waals surface area contributed by atoms with Gasteiger partial charge in [-0.25, -0.2) is 4.79 Å². The molecule has 6 heteroatoms. The van der Waals surface area contributed by atoms with Crippen LogP contribution in [0.5, 0.6) is 11.5 Å². The molecule has 136 valence electrons. The molecule has 3 rings (SSSR count). The molecule has 0 unspecified atom stereocenters. The Labute approximate surface area is 152 Å². The number of carbonyl (C=O) groups excluding carboxylic acids is 2. The van der Waals surface area contributed by atoms with Crippen LogP contribution in [0.3, 0.4) is 0 Å². The standard InChI is InChI=1S/C20H21NO5/c1-14-4-8-16(9-5-14)26-17-10-6-15(7-11-17)21-19(22)13-25-20(23)18-3-2-12-24-18/h4-11,18H,2-3,12-13H2,1H3,(H,21,22)/t18-/m0/s1. The lowest BCUT2D eigenvalue weighted by Gasteiger charge is -2.10. The first-order chi connectivity index (χ1) is 12.6. The number of anilines is 1. The minimum absolute atomic E-state index is 0.333. The molecule has 26 heavy (non-hydrogen) atoms. The van der Waals surface area contributed by atoms with E-state index in [-0.39, 0.29) is 6.61 Å². The number of carbonyl (C=O) groups is 2. The number of ether oxygens (including phenoxy) is 3. The zero-order valence-corrected chi connectivity index (χ0v) is 14.6. The van der Waals surface area contributed by atoms with Crippen LogP contribution >= 0.6 is 0 Å². The third kappa shape index (κ3) is 5.07. The van der Waals surface area contributed by atoms with Gasteiger partial charge in [-0.2, -0.15) is 0 Å². The van der Waals surface area contributed by atoms with Crippen LogP contribution in [-0.2, 0) is 19.1 Å². The summed E-state index contributed by atoms with van der Waals surface area (Å²) in [5.41, 5.74) is 1.76. The van der Waals surface area contributed by atoms with Gasteiger partial charge < -0.3 is 19.5 Å². The van der Waals surface area contributed by atoms with Gasteiger partial charge in [-0.3, -0.25) is 4.79 Å². The monoisotopic (exact) mass is 355 g/mol. The lowest BCUT2D eigenvalue weighted by atomic mass is 10.2. The van der Waals surface area contributed by atoms with Crippen molar-refractivity contribution < 1.29 is 23.8 Å². The van der Waals surface area contributed by atoms with Gasteiger partial charge in [-0.05, 0) is 56.2 Å². The van der Waals surface area contributed by atoms with Crippen LogP contribution in [-0.4, -0.2) is 31.2 Å². The lowest BCUT2D eigenvalue weighted by molar-refractivity contribution is -0.156. The van der Waals surface area contributed by atoms with Crippen LogP contribution in [0.2, 0.25) is 0 Å². The van der Waals surface area contributed by atoms with Crippen LogP contribution in [0.1, 0.15) is 18.4 Å². The molecule has 0 aliphatic carbocycles. The summed E-state index contributed by atoms with van der Waals surface area (Å²) in [6.07, 6.45) is 0.937. The third-order valence-electron chi connectivity index (χ3n) is 3.93. The fraction of sp³-hybridized carbons (Fsp3) is 0.300. The smallest absolute Gasteiger partial charge is 0.335 e. The molecule has 0 bridgehead atoms. The van der Waals surface area contributed by atoms with Gasteiger partial charge in [-0.15, -0.1) is 0 Å². The van der Waals surface area contributed by atoms with Crippen molar-refractivity contribution in [2.45, 2.75) is 25.9 Å². The van der Waals surface area contributed by atoms with Gasteiger partial charge in [0.25, 0.3) is 5.91 Å². The number of aryl methyl sites for hydroxylation is 1. The van der Waals surface area contributed by atoms with E-state index in [2.05, 4.69) is 5.32 Å². The maximum absolute atomic E-state index is 11.9. The maximum atomic E-state index is 11.9. The average molecular weight is 355 g/mol. The van der Waals surface area contributed by atoms with Crippen LogP contribution in [0, 0.1) is 6.92 Å². The molecular formula is C20H21NO5. The Morgan fingerprint density at radius 1 is 1.08 bits per heavy atom. The molecule has 2 aromatic rings. The summed E-state index contributed by atoms with van der Waals surface area (Å²) in [7, 11) is 0. The second kappa shape index (κ2) is 8.49. The summed E-state index contributed by atoms with van der Waals surface area (Å²) in [5.74, 6) is 0.521. The third-order valence-corrected chi connectivity index (χ3v) is 3.93. The lowest BCUT2D eigenvalue weighted by Crippen LogP contribution is -2.27. The van der Waals surface area contributed by atoms with Gasteiger partial charge in [0.1, 0.15) is 11.5 Å². The van der Waals surface area contributed by atoms with Crippen molar-refractivity contribution in [2.75, 3.05) is 18.5 Å². The fourth-order valence-corrected chi connectivity index (χ4v) is 2.54. The minimum atomic E-state index is -0.541. The SMILES string of the molecule is Cc1ccc(Oc2ccc(NC(=O)COC(=O)[C@@H]3CCCO3)cc2)cc1. The zero-order valence-electron chi connectivity index (χ0n) is 14.6. The van der Waals surface area contributed by atoms with Crippen LogP contribution < -0.4 is 10.1 Å². The van der Waals surface area contributed by atoms with E-state index in [1.807, 2.05) is 31.2 Å². The van der Waals surface area contributed by atoms with Gasteiger partial charge in [0, 0.05) is 12.3 Å². The van der Waals surface area contributed by atoms with Crippen molar-refractivity contribution >= 4 is 17.6 Å². The van der Waals surface area contributed by atoms with Gasteiger partial charge in [-0.1, -0.05) is 17.7 Å². The molecule has 0 radical (unpaired) electrons. The summed E-state index contributed by atoms with van der Waals surface area (Å²) in [6.45, 7) is 2.24. The van der Waals surface area contributed by atoms with E-state index in [0.717, 1.165) is 17.7 Å². The number of esters is 1. The molecule has 1 saturated heterocycles. The Kier molecular flexibility index (Phi) is 5.86. The molecule has 1 amide bonds. The quantitative estimate of drug-likeness (QED) is 0.804. The molecule has 1 heterocycles. The molecule has 1 atom stereocenters. The Hall–Kier alpha value is -2.86. The fourth-order valence-electron chi connectivity index (χ4n) is 2.54. The van der Waals surface area contributed by atoms with Gasteiger partial charge >= 0.3 is 5.97 Å². The molecule has 1 aliphatic rings. The highest BCUT2D eigenvalue weighted by molar-refractivity contribution is 5.93. The average Bonchev–Trinajstić information content (AvgIpc) is 3.18. The molecule has 1 N–H and O–H groups in total. The maximum Gasteiger partial charge on any atom is 0.335 e. The van der Waals surface area contributed by atoms with Gasteiger partial charge in [0.2, 0.25) is 0 Å². The molecule has 0 aromatic heterocycles. The van der Waals surface area contributed by atoms with Crippen LogP contribution in [0.15, 0.2) is 48.5 Å². The Morgan fingerprint density at radius 3 is 2.35 bits per heavy atom. The first-order valence-electron chi connectivity index (χ1n) is 8.53. The normalized spacial score (nSPS) is 16.1.